The number of halogens is 1. The van der Waals surface area contributed by atoms with Crippen molar-refractivity contribution in [2.24, 2.45) is 11.7 Å². The smallest absolute Gasteiger partial charge is 0.323 e. The van der Waals surface area contributed by atoms with Gasteiger partial charge in [-0.2, -0.15) is 0 Å². The number of urea groups is 1. The molecule has 0 saturated carbocycles. The van der Waals surface area contributed by atoms with Gasteiger partial charge in [0.1, 0.15) is 6.04 Å². The van der Waals surface area contributed by atoms with Crippen LogP contribution < -0.4 is 11.1 Å². The van der Waals surface area contributed by atoms with Crippen molar-refractivity contribution in [3.8, 4) is 0 Å². The number of rotatable bonds is 7. The lowest BCUT2D eigenvalue weighted by atomic mass is 9.78. The number of para-hydroxylation sites is 1. The zero-order valence-corrected chi connectivity index (χ0v) is 22.4. The summed E-state index contributed by atoms with van der Waals surface area (Å²) in [6, 6.07) is 21.4. The number of nitrogens with zero attached hydrogens (tertiary/aromatic N) is 2. The number of hydrogen-bond donors (Lipinski definition) is 2. The summed E-state index contributed by atoms with van der Waals surface area (Å²) in [5.41, 5.74) is 6.81. The molecule has 5 rings (SSSR count). The molecule has 0 spiro atoms. The second-order valence-electron chi connectivity index (χ2n) is 9.29. The summed E-state index contributed by atoms with van der Waals surface area (Å²) >= 11 is 7.55. The molecule has 9 nitrogen and oxygen atoms in total. The van der Waals surface area contributed by atoms with Gasteiger partial charge in [0.15, 0.2) is 5.78 Å². The van der Waals surface area contributed by atoms with Gasteiger partial charge in [-0.15, -0.1) is 11.3 Å². The molecule has 1 aliphatic rings. The predicted octanol–water partition coefficient (Wildman–Crippen LogP) is 6.04. The Kier molecular flexibility index (Phi) is 7.63. The van der Waals surface area contributed by atoms with Gasteiger partial charge < -0.3 is 16.0 Å². The molecule has 0 aliphatic carbocycles. The van der Waals surface area contributed by atoms with E-state index in [9.17, 15) is 24.5 Å². The number of nitrogens with two attached hydrogens (primary N) is 1. The third-order valence-corrected chi connectivity index (χ3v) is 8.13. The van der Waals surface area contributed by atoms with E-state index in [1.54, 1.807) is 66.7 Å². The highest BCUT2D eigenvalue weighted by Gasteiger charge is 2.57. The molecule has 0 radical (unpaired) electrons. The number of nitrogens with one attached hydrogen (secondary N) is 1. The first-order valence-corrected chi connectivity index (χ1v) is 13.5. The van der Waals surface area contributed by atoms with E-state index in [1.165, 1.54) is 40.5 Å². The van der Waals surface area contributed by atoms with Gasteiger partial charge in [-0.1, -0.05) is 60.1 Å². The molecule has 4 unspecified atom stereocenters. The average molecular weight is 575 g/mol. The molecular formula is C29H23ClN4O5S. The van der Waals surface area contributed by atoms with Gasteiger partial charge in [0.25, 0.3) is 5.69 Å². The van der Waals surface area contributed by atoms with Crippen molar-refractivity contribution in [2.75, 3.05) is 5.32 Å². The fourth-order valence-corrected chi connectivity index (χ4v) is 6.43. The number of non-ortho nitro benzene ring substituents is 1. The van der Waals surface area contributed by atoms with Crippen LogP contribution in [0.25, 0.3) is 0 Å². The van der Waals surface area contributed by atoms with E-state index in [-0.39, 0.29) is 17.0 Å². The SMILES string of the molecule is NC(=O)C1C(c2cccs2)C(C(=O)c2cccc(Cl)c2)C(c2cccc([N+](=O)[O-])c2)N1C(=O)Nc1ccccc1. The van der Waals surface area contributed by atoms with Crippen LogP contribution in [-0.4, -0.2) is 33.6 Å². The van der Waals surface area contributed by atoms with Crippen molar-refractivity contribution in [3.63, 3.8) is 0 Å². The largest absolute Gasteiger partial charge is 0.368 e. The van der Waals surface area contributed by atoms with Gasteiger partial charge >= 0.3 is 6.03 Å². The number of amides is 3. The van der Waals surface area contributed by atoms with Crippen LogP contribution in [-0.2, 0) is 4.79 Å². The highest BCUT2D eigenvalue weighted by molar-refractivity contribution is 7.10. The zero-order valence-electron chi connectivity index (χ0n) is 20.8. The lowest BCUT2D eigenvalue weighted by molar-refractivity contribution is -0.385. The van der Waals surface area contributed by atoms with E-state index in [1.807, 2.05) is 5.38 Å². The van der Waals surface area contributed by atoms with Gasteiger partial charge in [0.2, 0.25) is 5.91 Å². The van der Waals surface area contributed by atoms with Crippen LogP contribution in [0.5, 0.6) is 0 Å². The number of Topliss-reactive ketones (excluding diaryl/α,β-unsaturated/α-hetero) is 1. The monoisotopic (exact) mass is 574 g/mol. The van der Waals surface area contributed by atoms with E-state index in [2.05, 4.69) is 5.32 Å². The Bertz CT molecular complexity index is 1580. The van der Waals surface area contributed by atoms with Gasteiger partial charge in [0.05, 0.1) is 16.9 Å². The summed E-state index contributed by atoms with van der Waals surface area (Å²) in [5.74, 6) is -3.02. The number of ketones is 1. The first kappa shape index (κ1) is 27.0. The zero-order chi connectivity index (χ0) is 28.4. The molecule has 1 fully saturated rings. The molecule has 3 amide bonds. The maximum absolute atomic E-state index is 14.3. The van der Waals surface area contributed by atoms with E-state index in [4.69, 9.17) is 17.3 Å². The number of primary amides is 1. The summed E-state index contributed by atoms with van der Waals surface area (Å²) in [6.45, 7) is 0. The highest BCUT2D eigenvalue weighted by atomic mass is 35.5. The van der Waals surface area contributed by atoms with E-state index < -0.39 is 40.8 Å². The predicted molar refractivity (Wildman–Crippen MR) is 152 cm³/mol. The number of likely N-dealkylation sites (tertiary alicyclic amines) is 1. The number of nitro benzene ring substituents is 1. The standard InChI is InChI=1S/C29H23ClN4O5S/c30-19-9-4-8-18(15-19)27(35)24-23(22-13-6-14-40-22)26(28(31)36)33(29(37)32-20-10-2-1-3-11-20)25(24)17-7-5-12-21(16-17)34(38)39/h1-16,23-26H,(H2,31,36)(H,32,37). The Morgan fingerprint density at radius 2 is 1.70 bits per heavy atom. The number of benzene rings is 3. The molecule has 0 bridgehead atoms. The molecule has 2 heterocycles. The summed E-state index contributed by atoms with van der Waals surface area (Å²) in [6.07, 6.45) is 0. The molecule has 1 aromatic heterocycles. The Morgan fingerprint density at radius 1 is 0.950 bits per heavy atom. The number of thiophene rings is 1. The number of carbonyl (C=O) groups excluding carboxylic acids is 3. The second-order valence-corrected chi connectivity index (χ2v) is 10.7. The van der Waals surface area contributed by atoms with E-state index in [0.717, 1.165) is 0 Å². The maximum atomic E-state index is 14.3. The third-order valence-electron chi connectivity index (χ3n) is 6.92. The van der Waals surface area contributed by atoms with Crippen molar-refractivity contribution < 1.29 is 19.3 Å². The minimum Gasteiger partial charge on any atom is -0.368 e. The summed E-state index contributed by atoms with van der Waals surface area (Å²) in [7, 11) is 0. The molecule has 3 aromatic carbocycles. The lowest BCUT2D eigenvalue weighted by Gasteiger charge is -2.30. The lowest BCUT2D eigenvalue weighted by Crippen LogP contribution is -2.48. The van der Waals surface area contributed by atoms with Gasteiger partial charge in [-0.25, -0.2) is 4.79 Å². The number of anilines is 1. The summed E-state index contributed by atoms with van der Waals surface area (Å²) in [5, 5.41) is 16.6. The highest BCUT2D eigenvalue weighted by Crippen LogP contribution is 2.52. The molecule has 11 heteroatoms. The first-order chi connectivity index (χ1) is 19.3. The van der Waals surface area contributed by atoms with Crippen molar-refractivity contribution >= 4 is 52.0 Å². The molecule has 4 aromatic rings. The van der Waals surface area contributed by atoms with Gasteiger partial charge in [-0.3, -0.25) is 19.7 Å². The molecule has 1 aliphatic heterocycles. The van der Waals surface area contributed by atoms with Crippen LogP contribution in [0, 0.1) is 16.0 Å². The van der Waals surface area contributed by atoms with Crippen molar-refractivity contribution in [1.29, 1.82) is 0 Å². The minimum atomic E-state index is -1.24. The Hall–Kier alpha value is -4.54. The van der Waals surface area contributed by atoms with Crippen molar-refractivity contribution in [2.45, 2.75) is 18.0 Å². The fourth-order valence-electron chi connectivity index (χ4n) is 5.33. The molecule has 1 saturated heterocycles. The van der Waals surface area contributed by atoms with Crippen LogP contribution in [0.4, 0.5) is 16.2 Å². The summed E-state index contributed by atoms with van der Waals surface area (Å²) < 4.78 is 0. The Morgan fingerprint density at radius 3 is 2.35 bits per heavy atom. The Labute approximate surface area is 238 Å². The quantitative estimate of drug-likeness (QED) is 0.158. The molecule has 3 N–H and O–H groups in total. The topological polar surface area (TPSA) is 136 Å². The molecule has 202 valence electrons. The number of hydrogen-bond acceptors (Lipinski definition) is 6. The maximum Gasteiger partial charge on any atom is 0.323 e. The van der Waals surface area contributed by atoms with Crippen molar-refractivity contribution in [3.05, 3.63) is 128 Å². The van der Waals surface area contributed by atoms with Gasteiger partial charge in [0, 0.05) is 39.2 Å². The second kappa shape index (κ2) is 11.3. The van der Waals surface area contributed by atoms with Crippen LogP contribution >= 0.6 is 22.9 Å². The van der Waals surface area contributed by atoms with Gasteiger partial charge in [-0.05, 0) is 41.3 Å². The minimum absolute atomic E-state index is 0.218. The normalized spacial score (nSPS) is 20.2. The van der Waals surface area contributed by atoms with Crippen molar-refractivity contribution in [1.82, 2.24) is 4.90 Å². The molecule has 40 heavy (non-hydrogen) atoms. The first-order valence-electron chi connectivity index (χ1n) is 12.3. The third kappa shape index (κ3) is 5.18. The number of nitro groups is 1. The summed E-state index contributed by atoms with van der Waals surface area (Å²) in [4.78, 5) is 54.5. The van der Waals surface area contributed by atoms with Crippen LogP contribution in [0.3, 0.4) is 0 Å². The number of carbonyl (C=O) groups is 3. The van der Waals surface area contributed by atoms with E-state index in [0.29, 0.717) is 21.2 Å². The fraction of sp³-hybridized carbons (Fsp3) is 0.138. The van der Waals surface area contributed by atoms with Crippen LogP contribution in [0.15, 0.2) is 96.4 Å². The molecular weight excluding hydrogens is 552 g/mol. The Balaban J connectivity index is 1.74. The van der Waals surface area contributed by atoms with Crippen LogP contribution in [0.1, 0.15) is 32.8 Å². The molecule has 4 atom stereocenters. The average Bonchev–Trinajstić information content (AvgIpc) is 3.60. The van der Waals surface area contributed by atoms with Crippen LogP contribution in [0.2, 0.25) is 5.02 Å². The van der Waals surface area contributed by atoms with E-state index >= 15 is 0 Å².